The van der Waals surface area contributed by atoms with Gasteiger partial charge in [0, 0.05) is 10.5 Å². The summed E-state index contributed by atoms with van der Waals surface area (Å²) in [7, 11) is -4.20. The van der Waals surface area contributed by atoms with Crippen LogP contribution in [0.2, 0.25) is 0 Å². The summed E-state index contributed by atoms with van der Waals surface area (Å²) in [6.07, 6.45) is 0. The van der Waals surface area contributed by atoms with Gasteiger partial charge in [0.25, 0.3) is 10.0 Å². The van der Waals surface area contributed by atoms with Crippen LogP contribution in [0, 0.1) is 17.5 Å². The number of hydrogen-bond acceptors (Lipinski definition) is 2. The smallest absolute Gasteiger partial charge is 0.263 e. The molecule has 0 aliphatic rings. The van der Waals surface area contributed by atoms with Gasteiger partial charge in [-0.15, -0.1) is 0 Å². The summed E-state index contributed by atoms with van der Waals surface area (Å²) < 4.78 is 66.0. The average Bonchev–Trinajstić information content (AvgIpc) is 2.35. The molecule has 0 heterocycles. The van der Waals surface area contributed by atoms with Crippen LogP contribution in [0.4, 0.5) is 18.9 Å². The van der Waals surface area contributed by atoms with Crippen molar-refractivity contribution < 1.29 is 21.6 Å². The molecule has 2 aromatic carbocycles. The van der Waals surface area contributed by atoms with E-state index < -0.39 is 33.2 Å². The van der Waals surface area contributed by atoms with Gasteiger partial charge in [0.2, 0.25) is 0 Å². The highest BCUT2D eigenvalue weighted by molar-refractivity contribution is 9.10. The van der Waals surface area contributed by atoms with Crippen molar-refractivity contribution in [3.8, 4) is 0 Å². The molecule has 0 radical (unpaired) electrons. The van der Waals surface area contributed by atoms with Crippen molar-refractivity contribution >= 4 is 47.6 Å². The van der Waals surface area contributed by atoms with E-state index >= 15 is 0 Å². The van der Waals surface area contributed by atoms with E-state index in [2.05, 4.69) is 31.9 Å². The van der Waals surface area contributed by atoms with Gasteiger partial charge in [-0.25, -0.2) is 21.6 Å². The molecule has 0 spiro atoms. The Morgan fingerprint density at radius 3 is 2.19 bits per heavy atom. The van der Waals surface area contributed by atoms with Gasteiger partial charge >= 0.3 is 0 Å². The fraction of sp³-hybridized carbons (Fsp3) is 0. The first-order valence-corrected chi connectivity index (χ1v) is 8.40. The topological polar surface area (TPSA) is 46.2 Å². The highest BCUT2D eigenvalue weighted by atomic mass is 79.9. The summed E-state index contributed by atoms with van der Waals surface area (Å²) in [5.74, 6) is -2.42. The summed E-state index contributed by atoms with van der Waals surface area (Å²) in [5.41, 5.74) is -0.549. The Balaban J connectivity index is 2.45. The molecule has 0 unspecified atom stereocenters. The zero-order valence-corrected chi connectivity index (χ0v) is 14.0. The van der Waals surface area contributed by atoms with E-state index in [1.165, 1.54) is 0 Å². The molecule has 3 nitrogen and oxygen atoms in total. The SMILES string of the molecule is O=S(=O)(Nc1cc(F)c(Br)cc1F)c1ccc(F)cc1Br. The maximum absolute atomic E-state index is 13.6. The maximum Gasteiger partial charge on any atom is 0.263 e. The van der Waals surface area contributed by atoms with Gasteiger partial charge in [-0.3, -0.25) is 4.72 Å². The minimum absolute atomic E-state index is 0.0343. The number of rotatable bonds is 3. The van der Waals surface area contributed by atoms with E-state index in [9.17, 15) is 21.6 Å². The molecule has 0 fully saturated rings. The monoisotopic (exact) mass is 443 g/mol. The molecule has 2 rings (SSSR count). The number of anilines is 1. The molecule has 0 saturated carbocycles. The van der Waals surface area contributed by atoms with Crippen LogP contribution in [0.5, 0.6) is 0 Å². The first-order valence-electron chi connectivity index (χ1n) is 5.33. The number of benzene rings is 2. The predicted molar refractivity (Wildman–Crippen MR) is 79.0 cm³/mol. The molecule has 9 heteroatoms. The lowest BCUT2D eigenvalue weighted by Crippen LogP contribution is -2.15. The number of halogens is 5. The van der Waals surface area contributed by atoms with Crippen molar-refractivity contribution in [1.82, 2.24) is 0 Å². The minimum Gasteiger partial charge on any atom is -0.277 e. The van der Waals surface area contributed by atoms with E-state index in [-0.39, 0.29) is 13.8 Å². The molecule has 0 bridgehead atoms. The summed E-state index contributed by atoms with van der Waals surface area (Å²) in [6.45, 7) is 0. The van der Waals surface area contributed by atoms with Crippen molar-refractivity contribution in [2.45, 2.75) is 4.90 Å². The Bertz CT molecular complexity index is 812. The van der Waals surface area contributed by atoms with E-state index in [1.54, 1.807) is 0 Å². The normalized spacial score (nSPS) is 11.5. The predicted octanol–water partition coefficient (Wildman–Crippen LogP) is 4.43. The lowest BCUT2D eigenvalue weighted by molar-refractivity contribution is 0.591. The molecule has 0 saturated heterocycles. The van der Waals surface area contributed by atoms with Crippen LogP contribution in [-0.2, 0) is 10.0 Å². The van der Waals surface area contributed by atoms with Crippen molar-refractivity contribution in [3.05, 3.63) is 56.7 Å². The Morgan fingerprint density at radius 2 is 1.57 bits per heavy atom. The Hall–Kier alpha value is -1.06. The molecular formula is C12H6Br2F3NO2S. The van der Waals surface area contributed by atoms with Crippen molar-refractivity contribution in [3.63, 3.8) is 0 Å². The number of sulfonamides is 1. The molecule has 21 heavy (non-hydrogen) atoms. The molecule has 0 amide bonds. The molecule has 1 N–H and O–H groups in total. The van der Waals surface area contributed by atoms with Crippen molar-refractivity contribution in [2.75, 3.05) is 4.72 Å². The van der Waals surface area contributed by atoms with Gasteiger partial charge in [0.1, 0.15) is 22.3 Å². The standard InChI is InChI=1S/C12H6Br2F3NO2S/c13-7-4-10(17)11(5-9(7)16)18-21(19,20)12-2-1-6(15)3-8(12)14/h1-5,18H. The summed E-state index contributed by atoms with van der Waals surface area (Å²) >= 11 is 5.69. The molecule has 2 aromatic rings. The third kappa shape index (κ3) is 3.58. The van der Waals surface area contributed by atoms with Crippen LogP contribution in [0.3, 0.4) is 0 Å². The van der Waals surface area contributed by atoms with Crippen LogP contribution in [0.25, 0.3) is 0 Å². The zero-order chi connectivity index (χ0) is 15.8. The lowest BCUT2D eigenvalue weighted by atomic mass is 10.3. The van der Waals surface area contributed by atoms with Gasteiger partial charge < -0.3 is 0 Å². The third-order valence-corrected chi connectivity index (χ3v) is 5.39. The summed E-state index contributed by atoms with van der Waals surface area (Å²) in [5, 5.41) is 0. The maximum atomic E-state index is 13.6. The second-order valence-corrected chi connectivity index (χ2v) is 7.29. The van der Waals surface area contributed by atoms with Crippen LogP contribution >= 0.6 is 31.9 Å². The summed E-state index contributed by atoms with van der Waals surface area (Å²) in [4.78, 5) is -0.299. The molecule has 112 valence electrons. The molecule has 0 atom stereocenters. The van der Waals surface area contributed by atoms with Gasteiger partial charge in [-0.05, 0) is 56.1 Å². The zero-order valence-electron chi connectivity index (χ0n) is 10.0. The second-order valence-electron chi connectivity index (χ2n) is 3.93. The first-order chi connectivity index (χ1) is 9.70. The highest BCUT2D eigenvalue weighted by Crippen LogP contribution is 2.28. The van der Waals surface area contributed by atoms with E-state index in [0.29, 0.717) is 6.07 Å². The van der Waals surface area contributed by atoms with Crippen LogP contribution in [0.1, 0.15) is 0 Å². The van der Waals surface area contributed by atoms with E-state index in [1.807, 2.05) is 4.72 Å². The van der Waals surface area contributed by atoms with Crippen LogP contribution < -0.4 is 4.72 Å². The molecular weight excluding hydrogens is 439 g/mol. The van der Waals surface area contributed by atoms with E-state index in [4.69, 9.17) is 0 Å². The van der Waals surface area contributed by atoms with E-state index in [0.717, 1.165) is 24.3 Å². The van der Waals surface area contributed by atoms with Gasteiger partial charge in [-0.2, -0.15) is 0 Å². The highest BCUT2D eigenvalue weighted by Gasteiger charge is 2.20. The molecule has 0 aliphatic carbocycles. The van der Waals surface area contributed by atoms with Gasteiger partial charge in [-0.1, -0.05) is 0 Å². The van der Waals surface area contributed by atoms with Crippen LogP contribution in [-0.4, -0.2) is 8.42 Å². The largest absolute Gasteiger partial charge is 0.277 e. The number of nitrogens with one attached hydrogen (secondary N) is 1. The fourth-order valence-electron chi connectivity index (χ4n) is 1.49. The number of hydrogen-bond donors (Lipinski definition) is 1. The van der Waals surface area contributed by atoms with Crippen LogP contribution in [0.15, 0.2) is 44.2 Å². The Labute approximate surface area is 135 Å². The van der Waals surface area contributed by atoms with Crippen molar-refractivity contribution in [1.29, 1.82) is 0 Å². The third-order valence-electron chi connectivity index (χ3n) is 2.44. The fourth-order valence-corrected chi connectivity index (χ4v) is 3.92. The lowest BCUT2D eigenvalue weighted by Gasteiger charge is -2.11. The minimum atomic E-state index is -4.20. The second kappa shape index (κ2) is 5.98. The van der Waals surface area contributed by atoms with Crippen molar-refractivity contribution in [2.24, 2.45) is 0 Å². The first kappa shape index (κ1) is 16.3. The molecule has 0 aliphatic heterocycles. The Kier molecular flexibility index (Phi) is 4.64. The summed E-state index contributed by atoms with van der Waals surface area (Å²) in [6, 6.07) is 4.40. The molecule has 0 aromatic heterocycles. The van der Waals surface area contributed by atoms with Gasteiger partial charge in [0.15, 0.2) is 0 Å². The quantitative estimate of drug-likeness (QED) is 0.712. The Morgan fingerprint density at radius 1 is 0.905 bits per heavy atom. The average molecular weight is 445 g/mol. The van der Waals surface area contributed by atoms with Gasteiger partial charge in [0.05, 0.1) is 10.2 Å².